The summed E-state index contributed by atoms with van der Waals surface area (Å²) in [5.74, 6) is 0.419. The van der Waals surface area contributed by atoms with Gasteiger partial charge in [-0.15, -0.1) is 0 Å². The van der Waals surface area contributed by atoms with Crippen LogP contribution in [-0.4, -0.2) is 31.2 Å². The van der Waals surface area contributed by atoms with Crippen molar-refractivity contribution >= 4 is 32.0 Å². The van der Waals surface area contributed by atoms with Gasteiger partial charge in [-0.25, -0.2) is 4.79 Å². The van der Waals surface area contributed by atoms with Gasteiger partial charge < -0.3 is 4.43 Å². The van der Waals surface area contributed by atoms with Crippen molar-refractivity contribution in [1.82, 2.24) is 9.55 Å². The van der Waals surface area contributed by atoms with Crippen LogP contribution in [0.5, 0.6) is 0 Å². The van der Waals surface area contributed by atoms with Crippen LogP contribution in [0.15, 0.2) is 31.9 Å². The molecular formula is C19H29BrN2O4Si. The minimum atomic E-state index is -0.842. The number of aromatic nitrogens is 2. The highest BCUT2D eigenvalue weighted by Gasteiger charge is 2.40. The number of rotatable bonds is 7. The molecule has 0 amide bonds. The molecule has 0 aromatic carbocycles. The second-order valence-electron chi connectivity index (χ2n) is 8.82. The Balaban J connectivity index is 2.26. The van der Waals surface area contributed by atoms with E-state index in [1.165, 1.54) is 10.8 Å². The summed E-state index contributed by atoms with van der Waals surface area (Å²) in [5.41, 5.74) is -0.793. The normalized spacial score (nSPS) is 21.3. The molecule has 1 aliphatic rings. The Labute approximate surface area is 170 Å². The van der Waals surface area contributed by atoms with Crippen molar-refractivity contribution < 1.29 is 9.22 Å². The second-order valence-corrected chi connectivity index (χ2v) is 12.1. The molecule has 0 bridgehead atoms. The monoisotopic (exact) mass is 456 g/mol. The van der Waals surface area contributed by atoms with Gasteiger partial charge in [-0.1, -0.05) is 33.8 Å². The van der Waals surface area contributed by atoms with E-state index in [1.807, 2.05) is 19.9 Å². The summed E-state index contributed by atoms with van der Waals surface area (Å²) in [7, 11) is -0.842. The van der Waals surface area contributed by atoms with Gasteiger partial charge in [0.2, 0.25) is 0 Å². The molecule has 1 N–H and O–H groups in total. The number of hydrogen-bond acceptors (Lipinski definition) is 4. The van der Waals surface area contributed by atoms with Gasteiger partial charge in [0.15, 0.2) is 9.76 Å². The molecule has 0 saturated heterocycles. The molecule has 0 spiro atoms. The van der Waals surface area contributed by atoms with Crippen molar-refractivity contribution in [3.8, 4) is 0 Å². The Hall–Kier alpha value is -1.25. The van der Waals surface area contributed by atoms with Gasteiger partial charge in [0.1, 0.15) is 6.29 Å². The number of nitrogens with one attached hydrogen (secondary N) is 1. The van der Waals surface area contributed by atoms with Crippen molar-refractivity contribution in [2.45, 2.75) is 64.6 Å². The van der Waals surface area contributed by atoms with E-state index in [4.69, 9.17) is 4.43 Å². The van der Waals surface area contributed by atoms with E-state index in [0.29, 0.717) is 17.9 Å². The van der Waals surface area contributed by atoms with Gasteiger partial charge in [0.05, 0.1) is 16.1 Å². The fourth-order valence-corrected chi connectivity index (χ4v) is 4.73. The zero-order valence-electron chi connectivity index (χ0n) is 16.8. The second kappa shape index (κ2) is 8.01. The zero-order chi connectivity index (χ0) is 20.6. The molecule has 1 aliphatic carbocycles. The van der Waals surface area contributed by atoms with Crippen LogP contribution in [0.3, 0.4) is 0 Å². The Morgan fingerprint density at radius 3 is 2.52 bits per heavy atom. The fourth-order valence-electron chi connectivity index (χ4n) is 3.13. The molecule has 27 heavy (non-hydrogen) atoms. The predicted octanol–water partition coefficient (Wildman–Crippen LogP) is 2.72. The van der Waals surface area contributed by atoms with E-state index < -0.39 is 26.6 Å². The van der Waals surface area contributed by atoms with E-state index >= 15 is 0 Å². The first-order chi connectivity index (χ1) is 12.4. The molecule has 8 heteroatoms. The first kappa shape index (κ1) is 22.0. The molecule has 2 rings (SSSR count). The molecule has 1 aromatic rings. The summed E-state index contributed by atoms with van der Waals surface area (Å²) in [6, 6.07) is -0.293. The summed E-state index contributed by atoms with van der Waals surface area (Å²) < 4.78 is 8.16. The number of carbonyl (C=O) groups is 1. The molecular weight excluding hydrogens is 428 g/mol. The van der Waals surface area contributed by atoms with Crippen LogP contribution < -0.4 is 11.2 Å². The van der Waals surface area contributed by atoms with E-state index in [-0.39, 0.29) is 21.5 Å². The first-order valence-corrected chi connectivity index (χ1v) is 11.3. The number of nitrogens with zero attached hydrogens (tertiary/aromatic N) is 1. The molecule has 6 nitrogen and oxygen atoms in total. The smallest absolute Gasteiger partial charge is 0.328 e. The third-order valence-corrected chi connectivity index (χ3v) is 8.91. The fraction of sp³-hybridized carbons (Fsp3) is 0.632. The maximum Gasteiger partial charge on any atom is 0.328 e. The highest BCUT2D eigenvalue weighted by atomic mass is 79.9. The largest absolute Gasteiger partial charge is 0.418 e. The standard InChI is InChI=1S/C19H29BrN2O4Si/c1-11(2)19(5,6)27-26-18(3,4)14-8-13(7-12(14)10-23)22-9-15(20)16(24)21-17(22)25/h7,9-11,13-14H,8,27H2,1-6H3,(H,21,24,25). The molecule has 2 unspecified atom stereocenters. The van der Waals surface area contributed by atoms with E-state index in [0.717, 1.165) is 6.29 Å². The Morgan fingerprint density at radius 1 is 1.33 bits per heavy atom. The molecule has 0 radical (unpaired) electrons. The number of allylic oxidation sites excluding steroid dienone is 1. The Morgan fingerprint density at radius 2 is 1.96 bits per heavy atom. The number of hydrogen-bond donors (Lipinski definition) is 1. The van der Waals surface area contributed by atoms with Gasteiger partial charge >= 0.3 is 5.69 Å². The van der Waals surface area contributed by atoms with Gasteiger partial charge in [0, 0.05) is 12.1 Å². The molecule has 2 atom stereocenters. The lowest BCUT2D eigenvalue weighted by Gasteiger charge is -2.38. The van der Waals surface area contributed by atoms with Crippen molar-refractivity contribution in [3.05, 3.63) is 43.2 Å². The lowest BCUT2D eigenvalue weighted by atomic mass is 9.85. The van der Waals surface area contributed by atoms with E-state index in [1.54, 1.807) is 0 Å². The first-order valence-electron chi connectivity index (χ1n) is 9.21. The number of carbonyl (C=O) groups excluding carboxylic acids is 1. The highest BCUT2D eigenvalue weighted by molar-refractivity contribution is 9.10. The van der Waals surface area contributed by atoms with E-state index in [2.05, 4.69) is 48.6 Å². The molecule has 150 valence electrons. The SMILES string of the molecule is CC(C)C(C)(C)[SiH2]OC(C)(C)C1CC(n2cc(Br)c(=O)[nH]c2=O)C=C1C=O. The van der Waals surface area contributed by atoms with Gasteiger partial charge in [-0.05, 0) is 52.7 Å². The van der Waals surface area contributed by atoms with Crippen molar-refractivity contribution in [3.63, 3.8) is 0 Å². The number of aromatic amines is 1. The number of H-pyrrole nitrogens is 1. The summed E-state index contributed by atoms with van der Waals surface area (Å²) in [6.45, 7) is 12.9. The van der Waals surface area contributed by atoms with Crippen molar-refractivity contribution in [1.29, 1.82) is 0 Å². The highest BCUT2D eigenvalue weighted by Crippen LogP contribution is 2.42. The lowest BCUT2D eigenvalue weighted by Crippen LogP contribution is -2.40. The molecule has 0 fully saturated rings. The summed E-state index contributed by atoms with van der Waals surface area (Å²) in [6.07, 6.45) is 4.73. The Kier molecular flexibility index (Phi) is 6.54. The summed E-state index contributed by atoms with van der Waals surface area (Å²) in [4.78, 5) is 37.8. The van der Waals surface area contributed by atoms with Crippen LogP contribution in [0.1, 0.15) is 54.0 Å². The van der Waals surface area contributed by atoms with Crippen LogP contribution in [0, 0.1) is 11.8 Å². The van der Waals surface area contributed by atoms with E-state index in [9.17, 15) is 14.4 Å². The molecule has 0 aliphatic heterocycles. The summed E-state index contributed by atoms with van der Waals surface area (Å²) >= 11 is 3.16. The minimum Gasteiger partial charge on any atom is -0.418 e. The third kappa shape index (κ3) is 4.78. The van der Waals surface area contributed by atoms with Crippen LogP contribution in [-0.2, 0) is 9.22 Å². The van der Waals surface area contributed by atoms with Crippen LogP contribution in [0.4, 0.5) is 0 Å². The maximum absolute atomic E-state index is 12.2. The number of halogens is 1. The Bertz CT molecular complexity index is 854. The molecule has 1 heterocycles. The average Bonchev–Trinajstić information content (AvgIpc) is 3.01. The molecule has 0 saturated carbocycles. The zero-order valence-corrected chi connectivity index (χ0v) is 19.8. The lowest BCUT2D eigenvalue weighted by molar-refractivity contribution is -0.106. The van der Waals surface area contributed by atoms with Gasteiger partial charge in [-0.2, -0.15) is 0 Å². The van der Waals surface area contributed by atoms with Gasteiger partial charge in [0.25, 0.3) is 5.56 Å². The third-order valence-electron chi connectivity index (χ3n) is 5.90. The minimum absolute atomic E-state index is 0.104. The van der Waals surface area contributed by atoms with Crippen LogP contribution >= 0.6 is 15.9 Å². The maximum atomic E-state index is 12.2. The van der Waals surface area contributed by atoms with Crippen molar-refractivity contribution in [2.24, 2.45) is 11.8 Å². The topological polar surface area (TPSA) is 81.2 Å². The van der Waals surface area contributed by atoms with Crippen LogP contribution in [0.25, 0.3) is 0 Å². The van der Waals surface area contributed by atoms with Crippen molar-refractivity contribution in [2.75, 3.05) is 0 Å². The number of aldehydes is 1. The van der Waals surface area contributed by atoms with Gasteiger partial charge in [-0.3, -0.25) is 19.1 Å². The summed E-state index contributed by atoms with van der Waals surface area (Å²) in [5, 5.41) is 0.154. The quantitative estimate of drug-likeness (QED) is 0.504. The molecule has 1 aromatic heterocycles. The predicted molar refractivity (Wildman–Crippen MR) is 113 cm³/mol. The van der Waals surface area contributed by atoms with Crippen LogP contribution in [0.2, 0.25) is 5.04 Å². The average molecular weight is 457 g/mol.